The molecule has 0 fully saturated rings. The molecule has 1 aliphatic heterocycles. The van der Waals surface area contributed by atoms with Gasteiger partial charge in [0, 0.05) is 11.8 Å². The fourth-order valence-corrected chi connectivity index (χ4v) is 4.93. The normalized spacial score (nSPS) is 15.2. The molecule has 1 heterocycles. The van der Waals surface area contributed by atoms with Crippen LogP contribution in [0.2, 0.25) is 0 Å². The van der Waals surface area contributed by atoms with Crippen LogP contribution in [0.3, 0.4) is 0 Å². The smallest absolute Gasteiger partial charge is 0.387 e. The second-order valence-corrected chi connectivity index (χ2v) is 9.20. The lowest BCUT2D eigenvalue weighted by Crippen LogP contribution is -2.48. The molecule has 0 spiro atoms. The number of nitrogens with zero attached hydrogens (tertiary/aromatic N) is 1. The molecule has 1 unspecified atom stereocenters. The lowest BCUT2D eigenvalue weighted by molar-refractivity contribution is -0.122. The molecule has 35 heavy (non-hydrogen) atoms. The van der Waals surface area contributed by atoms with Crippen LogP contribution in [-0.4, -0.2) is 44.7 Å². The van der Waals surface area contributed by atoms with Crippen LogP contribution < -0.4 is 19.1 Å². The summed E-state index contributed by atoms with van der Waals surface area (Å²) in [5, 5.41) is 11.6. The molecule has 9 nitrogen and oxygen atoms in total. The van der Waals surface area contributed by atoms with Gasteiger partial charge in [0.25, 0.3) is 15.9 Å². The molecule has 0 radical (unpaired) electrons. The van der Waals surface area contributed by atoms with Crippen molar-refractivity contribution in [2.24, 2.45) is 0 Å². The number of rotatable bonds is 7. The molecule has 0 saturated heterocycles. The minimum Gasteiger partial charge on any atom is -0.478 e. The van der Waals surface area contributed by atoms with Crippen molar-refractivity contribution >= 4 is 33.3 Å². The Labute approximate surface area is 198 Å². The van der Waals surface area contributed by atoms with E-state index in [1.54, 1.807) is 12.1 Å². The largest absolute Gasteiger partial charge is 0.478 e. The number of alkyl halides is 2. The van der Waals surface area contributed by atoms with Crippen LogP contribution in [0.15, 0.2) is 77.7 Å². The Bertz CT molecular complexity index is 1360. The van der Waals surface area contributed by atoms with Crippen molar-refractivity contribution in [3.63, 3.8) is 0 Å². The summed E-state index contributed by atoms with van der Waals surface area (Å²) in [6.07, 6.45) is -1.26. The number of carbonyl (C=O) groups is 2. The Balaban J connectivity index is 1.62. The minimum absolute atomic E-state index is 0.0289. The van der Waals surface area contributed by atoms with Gasteiger partial charge >= 0.3 is 12.6 Å². The zero-order valence-corrected chi connectivity index (χ0v) is 18.6. The molecule has 0 bridgehead atoms. The molecule has 1 amide bonds. The maximum atomic E-state index is 13.5. The Morgan fingerprint density at radius 2 is 1.77 bits per heavy atom. The molecule has 2 N–H and O–H groups in total. The van der Waals surface area contributed by atoms with Crippen molar-refractivity contribution in [3.8, 4) is 11.5 Å². The second-order valence-electron chi connectivity index (χ2n) is 7.34. The standard InChI is InChI=1S/C23H18F2N2O7S/c24-23(25)33-16-4-3-5-17(12-16)35(31,32)27-13-20(34-19-7-2-1-6-18(19)27)21(28)26-15-10-8-14(9-11-15)22(29)30/h1-12,20,23H,13H2,(H,26,28)(H,29,30). The van der Waals surface area contributed by atoms with E-state index in [1.807, 2.05) is 0 Å². The van der Waals surface area contributed by atoms with Gasteiger partial charge in [-0.15, -0.1) is 0 Å². The van der Waals surface area contributed by atoms with Gasteiger partial charge in [-0.3, -0.25) is 9.10 Å². The summed E-state index contributed by atoms with van der Waals surface area (Å²) in [6, 6.07) is 16.2. The van der Waals surface area contributed by atoms with Crippen LogP contribution >= 0.6 is 0 Å². The Hall–Kier alpha value is -4.19. The van der Waals surface area contributed by atoms with E-state index in [0.717, 1.165) is 10.4 Å². The molecule has 4 rings (SSSR count). The van der Waals surface area contributed by atoms with Gasteiger partial charge in [-0.1, -0.05) is 18.2 Å². The molecular weight excluding hydrogens is 486 g/mol. The second kappa shape index (κ2) is 9.58. The number of nitrogens with one attached hydrogen (secondary N) is 1. The fourth-order valence-electron chi connectivity index (χ4n) is 3.42. The third-order valence-electron chi connectivity index (χ3n) is 5.05. The average molecular weight is 504 g/mol. The van der Waals surface area contributed by atoms with Crippen molar-refractivity contribution < 1.29 is 41.4 Å². The molecule has 1 aliphatic rings. The summed E-state index contributed by atoms with van der Waals surface area (Å²) in [7, 11) is -4.30. The summed E-state index contributed by atoms with van der Waals surface area (Å²) >= 11 is 0. The highest BCUT2D eigenvalue weighted by Crippen LogP contribution is 2.37. The summed E-state index contributed by atoms with van der Waals surface area (Å²) in [5.74, 6) is -2.00. The van der Waals surface area contributed by atoms with Crippen LogP contribution in [0.5, 0.6) is 11.5 Å². The van der Waals surface area contributed by atoms with E-state index in [2.05, 4.69) is 10.1 Å². The zero-order chi connectivity index (χ0) is 25.2. The number of anilines is 2. The molecule has 1 atom stereocenters. The first-order valence-corrected chi connectivity index (χ1v) is 11.6. The highest BCUT2D eigenvalue weighted by atomic mass is 32.2. The number of amides is 1. The average Bonchev–Trinajstić information content (AvgIpc) is 2.83. The van der Waals surface area contributed by atoms with E-state index in [1.165, 1.54) is 54.6 Å². The van der Waals surface area contributed by atoms with E-state index in [-0.39, 0.29) is 33.3 Å². The van der Waals surface area contributed by atoms with Gasteiger partial charge in [-0.25, -0.2) is 13.2 Å². The van der Waals surface area contributed by atoms with Crippen LogP contribution in [0.1, 0.15) is 10.4 Å². The SMILES string of the molecule is O=C(O)c1ccc(NC(=O)C2CN(S(=O)(=O)c3cccc(OC(F)F)c3)c3ccccc3O2)cc1. The minimum atomic E-state index is -4.30. The van der Waals surface area contributed by atoms with Crippen LogP contribution in [0, 0.1) is 0 Å². The number of halogens is 2. The lowest BCUT2D eigenvalue weighted by atomic mass is 10.2. The van der Waals surface area contributed by atoms with Gasteiger partial charge in [-0.05, 0) is 48.5 Å². The predicted molar refractivity (Wildman–Crippen MR) is 120 cm³/mol. The zero-order valence-electron chi connectivity index (χ0n) is 17.8. The molecule has 3 aromatic rings. The number of hydrogen-bond acceptors (Lipinski definition) is 6. The van der Waals surface area contributed by atoms with Gasteiger partial charge in [0.1, 0.15) is 11.5 Å². The van der Waals surface area contributed by atoms with Crippen LogP contribution in [-0.2, 0) is 14.8 Å². The summed E-state index contributed by atoms with van der Waals surface area (Å²) in [5.41, 5.74) is 0.484. The number of ether oxygens (including phenoxy) is 2. The van der Waals surface area contributed by atoms with Gasteiger partial charge in [0.05, 0.1) is 22.7 Å². The number of hydrogen-bond donors (Lipinski definition) is 2. The Morgan fingerprint density at radius 3 is 2.46 bits per heavy atom. The maximum absolute atomic E-state index is 13.5. The Kier molecular flexibility index (Phi) is 6.56. The number of para-hydroxylation sites is 2. The van der Waals surface area contributed by atoms with E-state index in [4.69, 9.17) is 9.84 Å². The number of carboxylic acid groups (broad SMARTS) is 1. The fraction of sp³-hybridized carbons (Fsp3) is 0.130. The van der Waals surface area contributed by atoms with Gasteiger partial charge in [0.15, 0.2) is 6.10 Å². The van der Waals surface area contributed by atoms with E-state index >= 15 is 0 Å². The first-order valence-electron chi connectivity index (χ1n) is 10.1. The highest BCUT2D eigenvalue weighted by molar-refractivity contribution is 7.92. The maximum Gasteiger partial charge on any atom is 0.387 e. The summed E-state index contributed by atoms with van der Waals surface area (Å²) < 4.78 is 63.1. The van der Waals surface area contributed by atoms with E-state index in [9.17, 15) is 26.8 Å². The summed E-state index contributed by atoms with van der Waals surface area (Å²) in [6.45, 7) is -3.53. The lowest BCUT2D eigenvalue weighted by Gasteiger charge is -2.34. The third kappa shape index (κ3) is 5.17. The molecular formula is C23H18F2N2O7S. The topological polar surface area (TPSA) is 122 Å². The van der Waals surface area contributed by atoms with E-state index in [0.29, 0.717) is 0 Å². The molecule has 182 valence electrons. The number of aromatic carboxylic acids is 1. The van der Waals surface area contributed by atoms with Gasteiger partial charge in [-0.2, -0.15) is 8.78 Å². The monoisotopic (exact) mass is 504 g/mol. The van der Waals surface area contributed by atoms with Gasteiger partial charge in [0.2, 0.25) is 0 Å². The number of carboxylic acids is 1. The van der Waals surface area contributed by atoms with Crippen LogP contribution in [0.4, 0.5) is 20.2 Å². The molecule has 3 aromatic carbocycles. The number of fused-ring (bicyclic) bond motifs is 1. The molecule has 0 aromatic heterocycles. The first-order chi connectivity index (χ1) is 16.6. The first kappa shape index (κ1) is 24.0. The number of benzene rings is 3. The molecule has 0 aliphatic carbocycles. The third-order valence-corrected chi connectivity index (χ3v) is 6.82. The molecule has 12 heteroatoms. The van der Waals surface area contributed by atoms with Crippen molar-refractivity contribution in [2.75, 3.05) is 16.2 Å². The Morgan fingerprint density at radius 1 is 1.06 bits per heavy atom. The van der Waals surface area contributed by atoms with Gasteiger partial charge < -0.3 is 19.9 Å². The van der Waals surface area contributed by atoms with Crippen LogP contribution in [0.25, 0.3) is 0 Å². The number of sulfonamides is 1. The quantitative estimate of drug-likeness (QED) is 0.504. The predicted octanol–water partition coefficient (Wildman–Crippen LogP) is 3.58. The summed E-state index contributed by atoms with van der Waals surface area (Å²) in [4.78, 5) is 23.6. The van der Waals surface area contributed by atoms with Crippen molar-refractivity contribution in [1.82, 2.24) is 0 Å². The highest BCUT2D eigenvalue weighted by Gasteiger charge is 2.37. The van der Waals surface area contributed by atoms with Crippen molar-refractivity contribution in [1.29, 1.82) is 0 Å². The number of carbonyl (C=O) groups excluding carboxylic acids is 1. The molecule has 0 saturated carbocycles. The van der Waals surface area contributed by atoms with E-state index < -0.39 is 41.2 Å². The van der Waals surface area contributed by atoms with Crippen molar-refractivity contribution in [3.05, 3.63) is 78.4 Å². The van der Waals surface area contributed by atoms with Crippen molar-refractivity contribution in [2.45, 2.75) is 17.6 Å².